The molecule has 1 N–H and O–H groups in total. The van der Waals surface area contributed by atoms with Crippen molar-refractivity contribution in [3.63, 3.8) is 0 Å². The molecule has 0 amide bonds. The Bertz CT molecular complexity index is 440. The summed E-state index contributed by atoms with van der Waals surface area (Å²) in [5.41, 5.74) is 1.54. The molecule has 1 aromatic carbocycles. The van der Waals surface area contributed by atoms with Crippen LogP contribution in [0.15, 0.2) is 30.3 Å². The maximum Gasteiger partial charge on any atom is 0.0353 e. The van der Waals surface area contributed by atoms with Crippen molar-refractivity contribution >= 4 is 0 Å². The Kier molecular flexibility index (Phi) is 3.56. The Hall–Kier alpha value is -0.820. The molecule has 1 heterocycles. The summed E-state index contributed by atoms with van der Waals surface area (Å²) in [6.07, 6.45) is 11.7. The molecule has 1 saturated heterocycles. The van der Waals surface area contributed by atoms with E-state index in [1.807, 2.05) is 0 Å². The highest BCUT2D eigenvalue weighted by atomic mass is 15.0. The van der Waals surface area contributed by atoms with Crippen LogP contribution < -0.4 is 5.32 Å². The number of hydrogen-bond acceptors (Lipinski definition) is 1. The molecule has 1 heteroatoms. The molecular weight excluding hydrogens is 242 g/mol. The fourth-order valence-corrected chi connectivity index (χ4v) is 5.37. The second-order valence-corrected chi connectivity index (χ2v) is 7.22. The van der Waals surface area contributed by atoms with Gasteiger partial charge >= 0.3 is 0 Å². The van der Waals surface area contributed by atoms with Gasteiger partial charge in [0.05, 0.1) is 0 Å². The molecule has 5 atom stereocenters. The highest BCUT2D eigenvalue weighted by molar-refractivity contribution is 5.22. The monoisotopic (exact) mass is 269 g/mol. The first-order chi connectivity index (χ1) is 9.93. The van der Waals surface area contributed by atoms with Gasteiger partial charge in [-0.05, 0) is 49.0 Å². The third-order valence-corrected chi connectivity index (χ3v) is 6.22. The average Bonchev–Trinajstić information content (AvgIpc) is 2.55. The molecule has 5 unspecified atom stereocenters. The van der Waals surface area contributed by atoms with E-state index in [1.54, 1.807) is 0 Å². The first-order valence-electron chi connectivity index (χ1n) is 8.74. The fraction of sp³-hybridized carbons (Fsp3) is 0.684. The summed E-state index contributed by atoms with van der Waals surface area (Å²) >= 11 is 0. The lowest BCUT2D eigenvalue weighted by Crippen LogP contribution is -2.54. The molecule has 1 nitrogen and oxygen atoms in total. The summed E-state index contributed by atoms with van der Waals surface area (Å²) in [5, 5.41) is 4.07. The maximum absolute atomic E-state index is 4.07. The van der Waals surface area contributed by atoms with E-state index in [0.29, 0.717) is 6.04 Å². The van der Waals surface area contributed by atoms with Crippen LogP contribution in [0, 0.1) is 17.8 Å². The summed E-state index contributed by atoms with van der Waals surface area (Å²) in [5.74, 6) is 2.88. The van der Waals surface area contributed by atoms with Crippen molar-refractivity contribution < 1.29 is 0 Å². The molecule has 4 rings (SSSR count). The first-order valence-corrected chi connectivity index (χ1v) is 8.74. The largest absolute Gasteiger partial charge is 0.307 e. The second-order valence-electron chi connectivity index (χ2n) is 7.22. The van der Waals surface area contributed by atoms with Crippen LogP contribution in [0.5, 0.6) is 0 Å². The van der Waals surface area contributed by atoms with E-state index in [0.717, 1.165) is 23.8 Å². The Morgan fingerprint density at radius 3 is 2.15 bits per heavy atom. The molecule has 3 aliphatic rings. The summed E-state index contributed by atoms with van der Waals surface area (Å²) in [6, 6.07) is 12.7. The van der Waals surface area contributed by atoms with Crippen molar-refractivity contribution in [1.82, 2.24) is 5.32 Å². The summed E-state index contributed by atoms with van der Waals surface area (Å²) in [6.45, 7) is 0. The van der Waals surface area contributed by atoms with Crippen LogP contribution in [-0.4, -0.2) is 6.04 Å². The van der Waals surface area contributed by atoms with Gasteiger partial charge < -0.3 is 5.32 Å². The minimum atomic E-state index is 0.626. The van der Waals surface area contributed by atoms with Crippen molar-refractivity contribution in [2.45, 2.75) is 63.5 Å². The first kappa shape index (κ1) is 12.9. The van der Waals surface area contributed by atoms with Crippen molar-refractivity contribution in [1.29, 1.82) is 0 Å². The minimum absolute atomic E-state index is 0.626. The molecule has 3 fully saturated rings. The molecule has 0 radical (unpaired) electrons. The van der Waals surface area contributed by atoms with E-state index < -0.39 is 0 Å². The number of nitrogens with one attached hydrogen (secondary N) is 1. The van der Waals surface area contributed by atoms with Gasteiger partial charge in [0.2, 0.25) is 0 Å². The Balaban J connectivity index is 1.65. The minimum Gasteiger partial charge on any atom is -0.307 e. The highest BCUT2D eigenvalue weighted by Gasteiger charge is 2.45. The van der Waals surface area contributed by atoms with Crippen LogP contribution >= 0.6 is 0 Å². The molecule has 2 saturated carbocycles. The van der Waals surface area contributed by atoms with E-state index in [2.05, 4.69) is 35.6 Å². The van der Waals surface area contributed by atoms with E-state index in [4.69, 9.17) is 0 Å². The van der Waals surface area contributed by atoms with E-state index in [-0.39, 0.29) is 0 Å². The van der Waals surface area contributed by atoms with Crippen LogP contribution in [0.25, 0.3) is 0 Å². The molecule has 0 aromatic heterocycles. The SMILES string of the molecule is c1ccc(C2NC3CCCCC3C3CCCCC23)cc1. The van der Waals surface area contributed by atoms with Crippen molar-refractivity contribution in [3.05, 3.63) is 35.9 Å². The Morgan fingerprint density at radius 1 is 0.700 bits per heavy atom. The van der Waals surface area contributed by atoms with E-state index >= 15 is 0 Å². The molecule has 108 valence electrons. The number of piperidine rings is 1. The van der Waals surface area contributed by atoms with Gasteiger partial charge in [-0.1, -0.05) is 56.0 Å². The van der Waals surface area contributed by atoms with Gasteiger partial charge in [-0.2, -0.15) is 0 Å². The van der Waals surface area contributed by atoms with Crippen LogP contribution in [-0.2, 0) is 0 Å². The van der Waals surface area contributed by atoms with Gasteiger partial charge in [0.1, 0.15) is 0 Å². The van der Waals surface area contributed by atoms with Crippen LogP contribution in [0.3, 0.4) is 0 Å². The standard InChI is InChI=1S/C19H27N/c1-2-8-14(9-3-1)19-17-12-5-4-10-15(17)16-11-6-7-13-18(16)20-19/h1-3,8-9,15-20H,4-7,10-13H2. The van der Waals surface area contributed by atoms with Gasteiger partial charge in [-0.3, -0.25) is 0 Å². The molecule has 2 aliphatic carbocycles. The van der Waals surface area contributed by atoms with Gasteiger partial charge in [0.15, 0.2) is 0 Å². The quantitative estimate of drug-likeness (QED) is 0.779. The molecule has 20 heavy (non-hydrogen) atoms. The third-order valence-electron chi connectivity index (χ3n) is 6.22. The number of rotatable bonds is 1. The van der Waals surface area contributed by atoms with Crippen molar-refractivity contribution in [3.8, 4) is 0 Å². The van der Waals surface area contributed by atoms with E-state index in [9.17, 15) is 0 Å². The van der Waals surface area contributed by atoms with Crippen LogP contribution in [0.4, 0.5) is 0 Å². The highest BCUT2D eigenvalue weighted by Crippen LogP contribution is 2.50. The summed E-state index contributed by atoms with van der Waals surface area (Å²) < 4.78 is 0. The van der Waals surface area contributed by atoms with E-state index in [1.165, 1.54) is 56.9 Å². The maximum atomic E-state index is 4.07. The smallest absolute Gasteiger partial charge is 0.0353 e. The molecule has 0 spiro atoms. The van der Waals surface area contributed by atoms with Crippen LogP contribution in [0.2, 0.25) is 0 Å². The zero-order valence-corrected chi connectivity index (χ0v) is 12.4. The lowest BCUT2D eigenvalue weighted by molar-refractivity contribution is 0.0205. The van der Waals surface area contributed by atoms with Gasteiger partial charge in [-0.15, -0.1) is 0 Å². The predicted molar refractivity (Wildman–Crippen MR) is 83.5 cm³/mol. The number of fused-ring (bicyclic) bond motifs is 3. The number of benzene rings is 1. The molecular formula is C19H27N. The number of hydrogen-bond donors (Lipinski definition) is 1. The summed E-state index contributed by atoms with van der Waals surface area (Å²) in [7, 11) is 0. The normalized spacial score (nSPS) is 40.7. The zero-order valence-electron chi connectivity index (χ0n) is 12.4. The van der Waals surface area contributed by atoms with Crippen LogP contribution in [0.1, 0.15) is 63.0 Å². The molecule has 0 bridgehead atoms. The molecule has 1 aromatic rings. The van der Waals surface area contributed by atoms with Crippen molar-refractivity contribution in [2.75, 3.05) is 0 Å². The lowest BCUT2D eigenvalue weighted by atomic mass is 9.60. The second kappa shape index (κ2) is 5.52. The average molecular weight is 269 g/mol. The predicted octanol–water partition coefficient (Wildman–Crippen LogP) is 4.70. The Labute approximate surface area is 123 Å². The zero-order chi connectivity index (χ0) is 13.4. The summed E-state index contributed by atoms with van der Waals surface area (Å²) in [4.78, 5) is 0. The van der Waals surface area contributed by atoms with Crippen molar-refractivity contribution in [2.24, 2.45) is 17.8 Å². The third kappa shape index (κ3) is 2.20. The van der Waals surface area contributed by atoms with Gasteiger partial charge in [0, 0.05) is 12.1 Å². The molecule has 1 aliphatic heterocycles. The van der Waals surface area contributed by atoms with Gasteiger partial charge in [0.25, 0.3) is 0 Å². The Morgan fingerprint density at radius 2 is 1.35 bits per heavy atom. The topological polar surface area (TPSA) is 12.0 Å². The fourth-order valence-electron chi connectivity index (χ4n) is 5.37. The lowest BCUT2D eigenvalue weighted by Gasteiger charge is -2.52. The van der Waals surface area contributed by atoms with Gasteiger partial charge in [-0.25, -0.2) is 0 Å².